The molecule has 1 aliphatic heterocycles. The largest absolute Gasteiger partial charge is 0.424 e. The van der Waals surface area contributed by atoms with Crippen molar-refractivity contribution in [1.29, 1.82) is 5.26 Å². The Morgan fingerprint density at radius 3 is 2.00 bits per heavy atom. The van der Waals surface area contributed by atoms with E-state index in [9.17, 15) is 5.26 Å². The molecule has 0 unspecified atom stereocenters. The van der Waals surface area contributed by atoms with Crippen molar-refractivity contribution in [2.45, 2.75) is 26.3 Å². The van der Waals surface area contributed by atoms with Crippen LogP contribution >= 0.6 is 0 Å². The molecule has 0 bridgehead atoms. The molecule has 1 fully saturated rings. The summed E-state index contributed by atoms with van der Waals surface area (Å²) in [5.74, 6) is 1.73. The number of nitrogens with zero attached hydrogens (tertiary/aromatic N) is 4. The van der Waals surface area contributed by atoms with Crippen molar-refractivity contribution in [3.63, 3.8) is 0 Å². The van der Waals surface area contributed by atoms with Gasteiger partial charge in [0.15, 0.2) is 5.89 Å². The highest BCUT2D eigenvalue weighted by atomic mass is 16.4. The van der Waals surface area contributed by atoms with Crippen molar-refractivity contribution in [2.24, 2.45) is 5.92 Å². The first-order chi connectivity index (χ1) is 14.7. The Labute approximate surface area is 178 Å². The predicted molar refractivity (Wildman–Crippen MR) is 118 cm³/mol. The third kappa shape index (κ3) is 4.39. The Kier molecular flexibility index (Phi) is 6.15. The fourth-order valence-corrected chi connectivity index (χ4v) is 4.15. The molecule has 4 rings (SSSR count). The summed E-state index contributed by atoms with van der Waals surface area (Å²) in [6.07, 6.45) is 0.749. The minimum Gasteiger partial charge on any atom is -0.424 e. The van der Waals surface area contributed by atoms with Crippen LogP contribution in [0.4, 0.5) is 5.88 Å². The van der Waals surface area contributed by atoms with Crippen LogP contribution in [0.3, 0.4) is 0 Å². The maximum absolute atomic E-state index is 9.52. The van der Waals surface area contributed by atoms with Crippen LogP contribution in [0.1, 0.15) is 42.6 Å². The maximum Gasteiger partial charge on any atom is 0.234 e. The Morgan fingerprint density at radius 1 is 0.933 bits per heavy atom. The maximum atomic E-state index is 9.52. The average Bonchev–Trinajstić information content (AvgIpc) is 3.18. The third-order valence-corrected chi connectivity index (χ3v) is 5.54. The van der Waals surface area contributed by atoms with Crippen LogP contribution in [0.25, 0.3) is 0 Å². The first-order valence-electron chi connectivity index (χ1n) is 10.6. The molecule has 1 aliphatic rings. The lowest BCUT2D eigenvalue weighted by molar-refractivity contribution is 0.209. The zero-order valence-corrected chi connectivity index (χ0v) is 17.7. The summed E-state index contributed by atoms with van der Waals surface area (Å²) in [4.78, 5) is 9.09. The monoisotopic (exact) mass is 400 g/mol. The number of hydrogen-bond donors (Lipinski definition) is 0. The number of anilines is 1. The average molecular weight is 401 g/mol. The van der Waals surface area contributed by atoms with Crippen LogP contribution in [0.2, 0.25) is 0 Å². The standard InChI is InChI=1S/C25H28N4O/c1-19(2)17-23-27-22(18-26)25(30-23)29-15-13-28(14-16-29)24(20-9-5-3-6-10-20)21-11-7-4-8-12-21/h3-12,19,24H,13-17H2,1-2H3. The van der Waals surface area contributed by atoms with E-state index in [2.05, 4.69) is 95.4 Å². The van der Waals surface area contributed by atoms with E-state index in [0.29, 0.717) is 23.4 Å². The van der Waals surface area contributed by atoms with E-state index in [1.165, 1.54) is 11.1 Å². The number of oxazole rings is 1. The Balaban J connectivity index is 1.53. The lowest BCUT2D eigenvalue weighted by Crippen LogP contribution is -2.48. The van der Waals surface area contributed by atoms with Gasteiger partial charge in [0.1, 0.15) is 6.07 Å². The number of hydrogen-bond acceptors (Lipinski definition) is 5. The van der Waals surface area contributed by atoms with E-state index in [4.69, 9.17) is 4.42 Å². The minimum absolute atomic E-state index is 0.219. The van der Waals surface area contributed by atoms with Gasteiger partial charge in [0.25, 0.3) is 0 Å². The molecule has 1 aromatic heterocycles. The number of aromatic nitrogens is 1. The lowest BCUT2D eigenvalue weighted by Gasteiger charge is -2.39. The van der Waals surface area contributed by atoms with Gasteiger partial charge in [-0.05, 0) is 17.0 Å². The van der Waals surface area contributed by atoms with E-state index in [1.54, 1.807) is 0 Å². The fraction of sp³-hybridized carbons (Fsp3) is 0.360. The molecule has 5 nitrogen and oxygen atoms in total. The zero-order valence-electron chi connectivity index (χ0n) is 17.7. The van der Waals surface area contributed by atoms with E-state index < -0.39 is 0 Å². The summed E-state index contributed by atoms with van der Waals surface area (Å²) in [5, 5.41) is 9.52. The predicted octanol–water partition coefficient (Wildman–Crippen LogP) is 4.66. The van der Waals surface area contributed by atoms with Crippen LogP contribution in [0.5, 0.6) is 0 Å². The van der Waals surface area contributed by atoms with Gasteiger partial charge in [-0.1, -0.05) is 74.5 Å². The van der Waals surface area contributed by atoms with Crippen LogP contribution in [-0.2, 0) is 6.42 Å². The van der Waals surface area contributed by atoms with Crippen LogP contribution in [0, 0.1) is 17.2 Å². The van der Waals surface area contributed by atoms with Crippen molar-refractivity contribution < 1.29 is 4.42 Å². The molecule has 0 N–H and O–H groups in total. The van der Waals surface area contributed by atoms with E-state index in [1.807, 2.05) is 0 Å². The molecular formula is C25H28N4O. The van der Waals surface area contributed by atoms with E-state index >= 15 is 0 Å². The molecule has 154 valence electrons. The highest BCUT2D eigenvalue weighted by molar-refractivity contribution is 5.48. The topological polar surface area (TPSA) is 56.3 Å². The molecule has 3 aromatic rings. The SMILES string of the molecule is CC(C)Cc1nc(C#N)c(N2CCN(C(c3ccccc3)c3ccccc3)CC2)o1. The van der Waals surface area contributed by atoms with Gasteiger partial charge in [-0.15, -0.1) is 0 Å². The van der Waals surface area contributed by atoms with Crippen molar-refractivity contribution in [3.8, 4) is 6.07 Å². The second-order valence-electron chi connectivity index (χ2n) is 8.22. The van der Waals surface area contributed by atoms with Gasteiger partial charge in [-0.25, -0.2) is 4.98 Å². The van der Waals surface area contributed by atoms with Gasteiger partial charge >= 0.3 is 0 Å². The molecule has 5 heteroatoms. The van der Waals surface area contributed by atoms with Crippen molar-refractivity contribution in [3.05, 3.63) is 83.4 Å². The molecule has 0 spiro atoms. The van der Waals surface area contributed by atoms with Crippen molar-refractivity contribution >= 4 is 5.88 Å². The molecule has 1 saturated heterocycles. The lowest BCUT2D eigenvalue weighted by atomic mass is 9.96. The molecule has 2 aromatic carbocycles. The van der Waals surface area contributed by atoms with Gasteiger partial charge in [0.05, 0.1) is 6.04 Å². The first-order valence-corrected chi connectivity index (χ1v) is 10.6. The van der Waals surface area contributed by atoms with Crippen molar-refractivity contribution in [2.75, 3.05) is 31.1 Å². The summed E-state index contributed by atoms with van der Waals surface area (Å²) < 4.78 is 5.99. The van der Waals surface area contributed by atoms with E-state index in [-0.39, 0.29) is 6.04 Å². The molecule has 0 amide bonds. The van der Waals surface area contributed by atoms with Gasteiger partial charge in [0.2, 0.25) is 11.6 Å². The highest BCUT2D eigenvalue weighted by Crippen LogP contribution is 2.31. The number of nitriles is 1. The van der Waals surface area contributed by atoms with Gasteiger partial charge < -0.3 is 9.32 Å². The third-order valence-electron chi connectivity index (χ3n) is 5.54. The van der Waals surface area contributed by atoms with Crippen molar-refractivity contribution in [1.82, 2.24) is 9.88 Å². The summed E-state index contributed by atoms with van der Waals surface area (Å²) in [5.41, 5.74) is 3.00. The second-order valence-corrected chi connectivity index (χ2v) is 8.22. The Morgan fingerprint density at radius 2 is 1.50 bits per heavy atom. The first kappa shape index (κ1) is 20.2. The van der Waals surface area contributed by atoms with E-state index in [0.717, 1.165) is 32.6 Å². The summed E-state index contributed by atoms with van der Waals surface area (Å²) in [6.45, 7) is 7.64. The summed E-state index contributed by atoms with van der Waals surface area (Å²) >= 11 is 0. The second kappa shape index (κ2) is 9.15. The molecule has 0 saturated carbocycles. The van der Waals surface area contributed by atoms with Gasteiger partial charge in [-0.2, -0.15) is 5.26 Å². The molecular weight excluding hydrogens is 372 g/mol. The van der Waals surface area contributed by atoms with Crippen LogP contribution in [-0.4, -0.2) is 36.1 Å². The minimum atomic E-state index is 0.219. The number of rotatable bonds is 6. The Bertz CT molecular complexity index is 943. The molecule has 0 radical (unpaired) electrons. The van der Waals surface area contributed by atoms with Gasteiger partial charge in [-0.3, -0.25) is 4.90 Å². The number of benzene rings is 2. The highest BCUT2D eigenvalue weighted by Gasteiger charge is 2.29. The normalized spacial score (nSPS) is 15.0. The molecule has 0 aliphatic carbocycles. The smallest absolute Gasteiger partial charge is 0.234 e. The summed E-state index contributed by atoms with van der Waals surface area (Å²) in [6, 6.07) is 23.8. The number of piperazine rings is 1. The van der Waals surface area contributed by atoms with Crippen LogP contribution < -0.4 is 4.90 Å². The summed E-state index contributed by atoms with van der Waals surface area (Å²) in [7, 11) is 0. The molecule has 0 atom stereocenters. The van der Waals surface area contributed by atoms with Crippen LogP contribution in [0.15, 0.2) is 65.1 Å². The molecule has 2 heterocycles. The Hall–Kier alpha value is -3.10. The van der Waals surface area contributed by atoms with Gasteiger partial charge in [0, 0.05) is 32.6 Å². The quantitative estimate of drug-likeness (QED) is 0.602. The zero-order chi connectivity index (χ0) is 20.9. The molecule has 30 heavy (non-hydrogen) atoms. The fourth-order valence-electron chi connectivity index (χ4n) is 4.15.